The van der Waals surface area contributed by atoms with Crippen molar-refractivity contribution in [2.45, 2.75) is 55.8 Å². The van der Waals surface area contributed by atoms with Gasteiger partial charge in [-0.1, -0.05) is 13.0 Å². The SMILES string of the molecule is C[C@H]1CC[C@@]2(O)C3Cc4ccc(O)c5c4[C@@]2(CCN3C)[C@H]1O5. The summed E-state index contributed by atoms with van der Waals surface area (Å²) in [5.41, 5.74) is 1.31. The summed E-state index contributed by atoms with van der Waals surface area (Å²) in [5.74, 6) is 1.29. The van der Waals surface area contributed by atoms with Gasteiger partial charge in [-0.3, -0.25) is 0 Å². The number of nitrogens with zero attached hydrogens (tertiary/aromatic N) is 1. The summed E-state index contributed by atoms with van der Waals surface area (Å²) in [7, 11) is 2.13. The van der Waals surface area contributed by atoms with E-state index in [-0.39, 0.29) is 23.3 Å². The third-order valence-electron chi connectivity index (χ3n) is 7.03. The Morgan fingerprint density at radius 1 is 1.32 bits per heavy atom. The molecule has 118 valence electrons. The van der Waals surface area contributed by atoms with Crippen molar-refractivity contribution >= 4 is 0 Å². The number of phenols is 1. The van der Waals surface area contributed by atoms with E-state index in [1.165, 1.54) is 5.56 Å². The molecule has 5 atom stereocenters. The number of hydrogen-bond acceptors (Lipinski definition) is 4. The molecule has 4 heteroatoms. The highest BCUT2D eigenvalue weighted by atomic mass is 16.5. The predicted octanol–water partition coefficient (Wildman–Crippen LogP) is 1.81. The molecule has 1 spiro atoms. The van der Waals surface area contributed by atoms with E-state index in [0.717, 1.165) is 37.8 Å². The number of rotatable bonds is 0. The number of ether oxygens (including phenoxy) is 1. The summed E-state index contributed by atoms with van der Waals surface area (Å²) in [6, 6.07) is 3.95. The van der Waals surface area contributed by atoms with Crippen molar-refractivity contribution in [2.24, 2.45) is 5.92 Å². The molecule has 4 aliphatic rings. The molecular weight excluding hydrogens is 278 g/mol. The predicted molar refractivity (Wildman–Crippen MR) is 82.3 cm³/mol. The highest BCUT2D eigenvalue weighted by Crippen LogP contribution is 2.66. The van der Waals surface area contributed by atoms with Crippen LogP contribution in [0.5, 0.6) is 11.5 Å². The van der Waals surface area contributed by atoms with E-state index in [4.69, 9.17) is 4.74 Å². The van der Waals surface area contributed by atoms with E-state index in [9.17, 15) is 10.2 Å². The Hall–Kier alpha value is -1.26. The fraction of sp³-hybridized carbons (Fsp3) is 0.667. The van der Waals surface area contributed by atoms with Crippen molar-refractivity contribution in [1.29, 1.82) is 0 Å². The number of aromatic hydroxyl groups is 1. The average molecular weight is 301 g/mol. The number of hydrogen-bond donors (Lipinski definition) is 2. The van der Waals surface area contributed by atoms with Gasteiger partial charge in [-0.25, -0.2) is 0 Å². The van der Waals surface area contributed by atoms with Gasteiger partial charge in [0.2, 0.25) is 0 Å². The average Bonchev–Trinajstić information content (AvgIpc) is 2.85. The summed E-state index contributed by atoms with van der Waals surface area (Å²) in [4.78, 5) is 2.33. The van der Waals surface area contributed by atoms with Gasteiger partial charge in [0.25, 0.3) is 0 Å². The molecule has 2 fully saturated rings. The molecule has 1 aromatic carbocycles. The number of likely N-dealkylation sites (N-methyl/N-ethyl adjacent to an activating group) is 1. The molecule has 0 radical (unpaired) electrons. The molecule has 2 N–H and O–H groups in total. The summed E-state index contributed by atoms with van der Waals surface area (Å²) in [6.07, 6.45) is 3.57. The fourth-order valence-electron chi connectivity index (χ4n) is 6.00. The molecule has 1 unspecified atom stereocenters. The fourth-order valence-corrected chi connectivity index (χ4v) is 6.00. The second-order valence-corrected chi connectivity index (χ2v) is 7.85. The van der Waals surface area contributed by atoms with E-state index < -0.39 is 5.60 Å². The van der Waals surface area contributed by atoms with Crippen LogP contribution >= 0.6 is 0 Å². The van der Waals surface area contributed by atoms with E-state index in [1.807, 2.05) is 6.07 Å². The molecule has 22 heavy (non-hydrogen) atoms. The first-order chi connectivity index (χ1) is 10.5. The maximum Gasteiger partial charge on any atom is 0.165 e. The molecule has 2 heterocycles. The van der Waals surface area contributed by atoms with Gasteiger partial charge in [-0.2, -0.15) is 0 Å². The lowest BCUT2D eigenvalue weighted by Gasteiger charge is -2.63. The van der Waals surface area contributed by atoms with Crippen molar-refractivity contribution < 1.29 is 14.9 Å². The first kappa shape index (κ1) is 13.2. The highest BCUT2D eigenvalue weighted by molar-refractivity contribution is 5.62. The maximum atomic E-state index is 11.8. The Morgan fingerprint density at radius 3 is 2.95 bits per heavy atom. The molecule has 5 rings (SSSR count). The molecule has 2 bridgehead atoms. The second kappa shape index (κ2) is 3.80. The number of benzene rings is 1. The number of likely N-dealkylation sites (tertiary alicyclic amines) is 1. The zero-order valence-electron chi connectivity index (χ0n) is 13.2. The van der Waals surface area contributed by atoms with E-state index in [2.05, 4.69) is 18.9 Å². The summed E-state index contributed by atoms with van der Waals surface area (Å²) >= 11 is 0. The second-order valence-electron chi connectivity index (χ2n) is 7.85. The van der Waals surface area contributed by atoms with Crippen LogP contribution < -0.4 is 4.74 Å². The number of phenolic OH excluding ortho intramolecular Hbond substituents is 1. The monoisotopic (exact) mass is 301 g/mol. The van der Waals surface area contributed by atoms with Gasteiger partial charge in [-0.15, -0.1) is 0 Å². The Bertz CT molecular complexity index is 675. The Morgan fingerprint density at radius 2 is 2.14 bits per heavy atom. The van der Waals surface area contributed by atoms with Crippen molar-refractivity contribution in [3.63, 3.8) is 0 Å². The highest BCUT2D eigenvalue weighted by Gasteiger charge is 2.71. The zero-order chi connectivity index (χ0) is 15.3. The topological polar surface area (TPSA) is 52.9 Å². The smallest absolute Gasteiger partial charge is 0.165 e. The van der Waals surface area contributed by atoms with Crippen molar-refractivity contribution in [2.75, 3.05) is 13.6 Å². The minimum atomic E-state index is -0.733. The molecule has 0 amide bonds. The van der Waals surface area contributed by atoms with Gasteiger partial charge < -0.3 is 19.8 Å². The molecule has 1 saturated carbocycles. The summed E-state index contributed by atoms with van der Waals surface area (Å²) < 4.78 is 6.29. The lowest BCUT2D eigenvalue weighted by molar-refractivity contribution is -0.191. The quantitative estimate of drug-likeness (QED) is 0.767. The molecular formula is C18H23NO3. The van der Waals surface area contributed by atoms with Crippen LogP contribution in [-0.2, 0) is 11.8 Å². The standard InChI is InChI=1S/C18H23NO3/c1-10-5-6-18(21)13-9-11-3-4-12(20)15-14(11)17(18,16(10)22-15)7-8-19(13)2/h3-4,10,13,16,20-21H,5-9H2,1-2H3/t10-,13?,16-,17-,18+/m0/s1. The summed E-state index contributed by atoms with van der Waals surface area (Å²) in [5, 5.41) is 22.1. The third kappa shape index (κ3) is 1.18. The van der Waals surface area contributed by atoms with E-state index in [0.29, 0.717) is 11.7 Å². The lowest BCUT2D eigenvalue weighted by atomic mass is 9.48. The maximum absolute atomic E-state index is 11.8. The van der Waals surface area contributed by atoms with Crippen molar-refractivity contribution in [3.05, 3.63) is 23.3 Å². The molecule has 2 aliphatic carbocycles. The zero-order valence-corrected chi connectivity index (χ0v) is 13.2. The van der Waals surface area contributed by atoms with Gasteiger partial charge in [0.05, 0.1) is 11.0 Å². The Kier molecular flexibility index (Phi) is 2.28. The van der Waals surface area contributed by atoms with Gasteiger partial charge in [0.15, 0.2) is 11.5 Å². The molecule has 4 nitrogen and oxygen atoms in total. The van der Waals surface area contributed by atoms with Crippen molar-refractivity contribution in [1.82, 2.24) is 4.90 Å². The molecule has 0 aromatic heterocycles. The summed E-state index contributed by atoms with van der Waals surface area (Å²) in [6.45, 7) is 3.21. The lowest BCUT2D eigenvalue weighted by Crippen LogP contribution is -2.75. The minimum absolute atomic E-state index is 0.00944. The van der Waals surface area contributed by atoms with Crippen LogP contribution in [0.2, 0.25) is 0 Å². The molecule has 1 aromatic rings. The van der Waals surface area contributed by atoms with Gasteiger partial charge in [0, 0.05) is 11.6 Å². The molecule has 2 aliphatic heterocycles. The Labute approximate surface area is 130 Å². The van der Waals surface area contributed by atoms with Crippen LogP contribution in [0, 0.1) is 5.92 Å². The van der Waals surface area contributed by atoms with Crippen LogP contribution in [0.25, 0.3) is 0 Å². The van der Waals surface area contributed by atoms with Gasteiger partial charge >= 0.3 is 0 Å². The minimum Gasteiger partial charge on any atom is -0.504 e. The van der Waals surface area contributed by atoms with Crippen LogP contribution in [0.4, 0.5) is 0 Å². The van der Waals surface area contributed by atoms with Crippen molar-refractivity contribution in [3.8, 4) is 11.5 Å². The van der Waals surface area contributed by atoms with Gasteiger partial charge in [0.1, 0.15) is 6.10 Å². The van der Waals surface area contributed by atoms with Gasteiger partial charge in [-0.05, 0) is 56.8 Å². The number of aliphatic hydroxyl groups is 1. The first-order valence-corrected chi connectivity index (χ1v) is 8.43. The normalized spacial score (nSPS) is 45.3. The third-order valence-corrected chi connectivity index (χ3v) is 7.03. The van der Waals surface area contributed by atoms with Crippen LogP contribution in [0.3, 0.4) is 0 Å². The van der Waals surface area contributed by atoms with E-state index >= 15 is 0 Å². The molecule has 1 saturated heterocycles. The van der Waals surface area contributed by atoms with E-state index in [1.54, 1.807) is 6.07 Å². The van der Waals surface area contributed by atoms with Crippen LogP contribution in [0.1, 0.15) is 37.3 Å². The number of piperidine rings is 1. The van der Waals surface area contributed by atoms with Crippen LogP contribution in [-0.4, -0.2) is 46.5 Å². The Balaban J connectivity index is 1.86. The first-order valence-electron chi connectivity index (χ1n) is 8.43. The largest absolute Gasteiger partial charge is 0.504 e. The van der Waals surface area contributed by atoms with Crippen LogP contribution in [0.15, 0.2) is 12.1 Å².